The van der Waals surface area contributed by atoms with E-state index < -0.39 is 0 Å². The van der Waals surface area contributed by atoms with E-state index in [1.165, 1.54) is 11.4 Å². The molecule has 0 unspecified atom stereocenters. The van der Waals surface area contributed by atoms with Crippen molar-refractivity contribution in [3.8, 4) is 0 Å². The van der Waals surface area contributed by atoms with Gasteiger partial charge in [0.15, 0.2) is 0 Å². The smallest absolute Gasteiger partial charge is 0.0624 e. The van der Waals surface area contributed by atoms with E-state index in [0.29, 0.717) is 0 Å². The van der Waals surface area contributed by atoms with Crippen LogP contribution in [0, 0.1) is 5.41 Å². The maximum absolute atomic E-state index is 5.98. The molecular formula is C14H27N3. The van der Waals surface area contributed by atoms with Crippen LogP contribution in [0.15, 0.2) is 6.07 Å². The van der Waals surface area contributed by atoms with Crippen molar-refractivity contribution < 1.29 is 0 Å². The molecule has 0 amide bonds. The van der Waals surface area contributed by atoms with Gasteiger partial charge in [-0.2, -0.15) is 5.10 Å². The van der Waals surface area contributed by atoms with E-state index >= 15 is 0 Å². The highest BCUT2D eigenvalue weighted by Gasteiger charge is 2.26. The number of rotatable bonds is 7. The van der Waals surface area contributed by atoms with Gasteiger partial charge in [0.25, 0.3) is 0 Å². The van der Waals surface area contributed by atoms with Gasteiger partial charge in [0.2, 0.25) is 0 Å². The van der Waals surface area contributed by atoms with Crippen LogP contribution in [0.1, 0.15) is 51.9 Å². The predicted octanol–water partition coefficient (Wildman–Crippen LogP) is 2.77. The summed E-state index contributed by atoms with van der Waals surface area (Å²) in [7, 11) is 0. The second-order valence-electron chi connectivity index (χ2n) is 4.88. The fourth-order valence-corrected chi connectivity index (χ4v) is 2.35. The van der Waals surface area contributed by atoms with E-state index in [9.17, 15) is 0 Å². The molecule has 1 heterocycles. The summed E-state index contributed by atoms with van der Waals surface area (Å²) in [6, 6.07) is 2.25. The summed E-state index contributed by atoms with van der Waals surface area (Å²) >= 11 is 0. The van der Waals surface area contributed by atoms with Gasteiger partial charge in [0, 0.05) is 12.2 Å². The first-order chi connectivity index (χ1) is 8.14. The fourth-order valence-electron chi connectivity index (χ4n) is 2.35. The maximum Gasteiger partial charge on any atom is 0.0624 e. The number of aryl methyl sites for hydroxylation is 2. The molecule has 1 rings (SSSR count). The molecule has 0 saturated heterocycles. The Balaban J connectivity index is 2.95. The summed E-state index contributed by atoms with van der Waals surface area (Å²) < 4.78 is 2.13. The number of hydrogen-bond donors (Lipinski definition) is 1. The van der Waals surface area contributed by atoms with Gasteiger partial charge in [-0.05, 0) is 50.6 Å². The molecule has 0 aromatic carbocycles. The average molecular weight is 237 g/mol. The molecule has 0 aliphatic rings. The first-order valence-electron chi connectivity index (χ1n) is 6.90. The summed E-state index contributed by atoms with van der Waals surface area (Å²) in [4.78, 5) is 0. The molecule has 0 aliphatic carbocycles. The molecule has 0 spiro atoms. The molecule has 1 aromatic rings. The lowest BCUT2D eigenvalue weighted by molar-refractivity contribution is 0.264. The lowest BCUT2D eigenvalue weighted by atomic mass is 9.78. The van der Waals surface area contributed by atoms with Crippen LogP contribution in [0.2, 0.25) is 0 Å². The minimum atomic E-state index is 0.248. The zero-order valence-corrected chi connectivity index (χ0v) is 11.8. The molecule has 3 nitrogen and oxygen atoms in total. The number of aromatic nitrogens is 2. The van der Waals surface area contributed by atoms with E-state index in [-0.39, 0.29) is 5.41 Å². The van der Waals surface area contributed by atoms with Crippen LogP contribution in [0.3, 0.4) is 0 Å². The van der Waals surface area contributed by atoms with Crippen molar-refractivity contribution in [1.82, 2.24) is 9.78 Å². The van der Waals surface area contributed by atoms with Crippen LogP contribution < -0.4 is 5.73 Å². The van der Waals surface area contributed by atoms with Crippen LogP contribution in [-0.4, -0.2) is 16.3 Å². The molecule has 0 fully saturated rings. The molecule has 0 radical (unpaired) electrons. The van der Waals surface area contributed by atoms with E-state index in [4.69, 9.17) is 5.73 Å². The zero-order valence-electron chi connectivity index (χ0n) is 11.8. The average Bonchev–Trinajstić information content (AvgIpc) is 2.78. The Morgan fingerprint density at radius 1 is 1.24 bits per heavy atom. The van der Waals surface area contributed by atoms with Crippen molar-refractivity contribution in [3.63, 3.8) is 0 Å². The maximum atomic E-state index is 5.98. The number of nitrogens with two attached hydrogens (primary N) is 1. The van der Waals surface area contributed by atoms with Gasteiger partial charge in [0.05, 0.1) is 5.69 Å². The van der Waals surface area contributed by atoms with Crippen LogP contribution in [0.5, 0.6) is 0 Å². The molecule has 98 valence electrons. The summed E-state index contributed by atoms with van der Waals surface area (Å²) in [6.45, 7) is 10.5. The van der Waals surface area contributed by atoms with Crippen molar-refractivity contribution in [2.45, 2.75) is 59.9 Å². The van der Waals surface area contributed by atoms with Crippen molar-refractivity contribution >= 4 is 0 Å². The van der Waals surface area contributed by atoms with Gasteiger partial charge in [-0.15, -0.1) is 0 Å². The lowest BCUT2D eigenvalue weighted by Gasteiger charge is -2.30. The molecular weight excluding hydrogens is 210 g/mol. The largest absolute Gasteiger partial charge is 0.330 e. The minimum absolute atomic E-state index is 0.248. The van der Waals surface area contributed by atoms with Gasteiger partial charge >= 0.3 is 0 Å². The zero-order chi connectivity index (χ0) is 12.9. The lowest BCUT2D eigenvalue weighted by Crippen LogP contribution is -2.32. The molecule has 0 atom stereocenters. The fraction of sp³-hybridized carbons (Fsp3) is 0.786. The van der Waals surface area contributed by atoms with Crippen molar-refractivity contribution in [2.24, 2.45) is 11.1 Å². The quantitative estimate of drug-likeness (QED) is 0.792. The summed E-state index contributed by atoms with van der Waals surface area (Å²) in [5, 5.41) is 4.61. The van der Waals surface area contributed by atoms with Crippen LogP contribution in [0.25, 0.3) is 0 Å². The van der Waals surface area contributed by atoms with Crippen LogP contribution in [0.4, 0.5) is 0 Å². The third-order valence-corrected chi connectivity index (χ3v) is 4.06. The highest BCUT2D eigenvalue weighted by Crippen LogP contribution is 2.30. The molecule has 2 N–H and O–H groups in total. The van der Waals surface area contributed by atoms with E-state index in [1.807, 2.05) is 0 Å². The van der Waals surface area contributed by atoms with Gasteiger partial charge in [-0.3, -0.25) is 4.68 Å². The minimum Gasteiger partial charge on any atom is -0.330 e. The Morgan fingerprint density at radius 3 is 2.29 bits per heavy atom. The van der Waals surface area contributed by atoms with Gasteiger partial charge < -0.3 is 5.73 Å². The Morgan fingerprint density at radius 2 is 1.88 bits per heavy atom. The van der Waals surface area contributed by atoms with Crippen LogP contribution in [-0.2, 0) is 19.4 Å². The standard InChI is InChI=1S/C14H27N3/c1-5-12-9-13(17(8-4)16-12)10-14(6-2,7-3)11-15/h9H,5-8,10-11,15H2,1-4H3. The Bertz CT molecular complexity index is 329. The third-order valence-electron chi connectivity index (χ3n) is 4.06. The molecule has 3 heteroatoms. The van der Waals surface area contributed by atoms with E-state index in [1.54, 1.807) is 0 Å². The van der Waals surface area contributed by atoms with Gasteiger partial charge in [-0.25, -0.2) is 0 Å². The molecule has 0 bridgehead atoms. The Labute approximate surface area is 105 Å². The van der Waals surface area contributed by atoms with Crippen molar-refractivity contribution in [1.29, 1.82) is 0 Å². The van der Waals surface area contributed by atoms with Crippen molar-refractivity contribution in [3.05, 3.63) is 17.5 Å². The number of hydrogen-bond acceptors (Lipinski definition) is 2. The Hall–Kier alpha value is -0.830. The SMILES string of the molecule is CCc1cc(CC(CC)(CC)CN)n(CC)n1. The first-order valence-corrected chi connectivity index (χ1v) is 6.90. The molecule has 17 heavy (non-hydrogen) atoms. The summed E-state index contributed by atoms with van der Waals surface area (Å²) in [5.41, 5.74) is 8.77. The summed E-state index contributed by atoms with van der Waals surface area (Å²) in [6.07, 6.45) is 4.33. The molecule has 1 aromatic heterocycles. The third kappa shape index (κ3) is 3.09. The van der Waals surface area contributed by atoms with E-state index in [0.717, 1.165) is 38.8 Å². The number of nitrogens with zero attached hydrogens (tertiary/aromatic N) is 2. The monoisotopic (exact) mass is 237 g/mol. The van der Waals surface area contributed by atoms with Crippen molar-refractivity contribution in [2.75, 3.05) is 6.54 Å². The van der Waals surface area contributed by atoms with Crippen LogP contribution >= 0.6 is 0 Å². The first kappa shape index (κ1) is 14.2. The predicted molar refractivity (Wildman–Crippen MR) is 73.1 cm³/mol. The Kier molecular flexibility index (Phi) is 5.19. The second-order valence-corrected chi connectivity index (χ2v) is 4.88. The highest BCUT2D eigenvalue weighted by molar-refractivity contribution is 5.13. The highest BCUT2D eigenvalue weighted by atomic mass is 15.3. The van der Waals surface area contributed by atoms with Gasteiger partial charge in [-0.1, -0.05) is 20.8 Å². The molecule has 0 saturated carbocycles. The normalized spacial score (nSPS) is 12.1. The molecule has 0 aliphatic heterocycles. The van der Waals surface area contributed by atoms with Gasteiger partial charge in [0.1, 0.15) is 0 Å². The van der Waals surface area contributed by atoms with E-state index in [2.05, 4.69) is 43.5 Å². The topological polar surface area (TPSA) is 43.8 Å². The second kappa shape index (κ2) is 6.20. The summed E-state index contributed by atoms with van der Waals surface area (Å²) in [5.74, 6) is 0.